The largest absolute Gasteiger partial charge is 0.354 e. The van der Waals surface area contributed by atoms with E-state index in [0.717, 1.165) is 0 Å². The van der Waals surface area contributed by atoms with E-state index in [1.807, 2.05) is 13.8 Å². The molecular formula is C11H24N2O2S. The summed E-state index contributed by atoms with van der Waals surface area (Å²) in [4.78, 5) is 11.6. The molecule has 0 radical (unpaired) electrons. The Balaban J connectivity index is 3.90. The lowest BCUT2D eigenvalue weighted by molar-refractivity contribution is -0.123. The molecule has 3 atom stereocenters. The average Bonchev–Trinajstić information content (AvgIpc) is 2.12. The molecule has 96 valence electrons. The number of hydrogen-bond acceptors (Lipinski definition) is 3. The smallest absolute Gasteiger partial charge is 0.236 e. The van der Waals surface area contributed by atoms with Gasteiger partial charge < -0.3 is 10.6 Å². The standard InChI is InChI=1S/C11H24N2O2S/c1-8(2)6-12-11(14)10(4)13-9(3)7-16(5)15/h8-10,13H,6-7H2,1-5H3,(H,12,14). The van der Waals surface area contributed by atoms with Crippen molar-refractivity contribution in [3.8, 4) is 0 Å². The molecule has 0 rings (SSSR count). The highest BCUT2D eigenvalue weighted by Crippen LogP contribution is 1.92. The van der Waals surface area contributed by atoms with Crippen molar-refractivity contribution < 1.29 is 9.00 Å². The van der Waals surface area contributed by atoms with Crippen LogP contribution in [0, 0.1) is 5.92 Å². The minimum atomic E-state index is -0.831. The average molecular weight is 248 g/mol. The summed E-state index contributed by atoms with van der Waals surface area (Å²) in [5, 5.41) is 5.99. The van der Waals surface area contributed by atoms with Crippen LogP contribution in [0.4, 0.5) is 0 Å². The zero-order chi connectivity index (χ0) is 12.7. The lowest BCUT2D eigenvalue weighted by atomic mass is 10.2. The van der Waals surface area contributed by atoms with E-state index in [2.05, 4.69) is 24.5 Å². The van der Waals surface area contributed by atoms with E-state index >= 15 is 0 Å². The summed E-state index contributed by atoms with van der Waals surface area (Å²) in [6.45, 7) is 8.57. The molecule has 16 heavy (non-hydrogen) atoms. The van der Waals surface area contributed by atoms with Crippen molar-refractivity contribution in [2.24, 2.45) is 5.92 Å². The predicted octanol–water partition coefficient (Wildman–Crippen LogP) is 0.504. The Kier molecular flexibility index (Phi) is 7.58. The summed E-state index contributed by atoms with van der Waals surface area (Å²) in [5.41, 5.74) is 0. The first-order valence-corrected chi connectivity index (χ1v) is 7.39. The number of nitrogens with one attached hydrogen (secondary N) is 2. The molecular weight excluding hydrogens is 224 g/mol. The molecule has 3 unspecified atom stereocenters. The van der Waals surface area contributed by atoms with E-state index in [0.29, 0.717) is 18.2 Å². The molecule has 0 bridgehead atoms. The summed E-state index contributed by atoms with van der Waals surface area (Å²) in [5.74, 6) is 1.03. The molecule has 0 heterocycles. The molecule has 4 nitrogen and oxygen atoms in total. The quantitative estimate of drug-likeness (QED) is 0.690. The van der Waals surface area contributed by atoms with Crippen LogP contribution < -0.4 is 10.6 Å². The fourth-order valence-electron chi connectivity index (χ4n) is 1.36. The Morgan fingerprint density at radius 3 is 2.25 bits per heavy atom. The van der Waals surface area contributed by atoms with Gasteiger partial charge >= 0.3 is 0 Å². The van der Waals surface area contributed by atoms with Crippen LogP contribution in [0.25, 0.3) is 0 Å². The van der Waals surface area contributed by atoms with Crippen LogP contribution in [0.3, 0.4) is 0 Å². The Labute approximate surface area is 101 Å². The molecule has 1 amide bonds. The number of hydrogen-bond donors (Lipinski definition) is 2. The maximum atomic E-state index is 11.6. The zero-order valence-corrected chi connectivity index (χ0v) is 11.7. The Morgan fingerprint density at radius 1 is 1.25 bits per heavy atom. The summed E-state index contributed by atoms with van der Waals surface area (Å²) in [6.07, 6.45) is 1.67. The van der Waals surface area contributed by atoms with Crippen molar-refractivity contribution in [3.63, 3.8) is 0 Å². The first kappa shape index (κ1) is 15.6. The molecule has 0 aliphatic carbocycles. The van der Waals surface area contributed by atoms with Crippen LogP contribution >= 0.6 is 0 Å². The SMILES string of the molecule is CC(C)CNC(=O)C(C)NC(C)CS(C)=O. The first-order chi connectivity index (χ1) is 7.32. The molecule has 0 aliphatic heterocycles. The van der Waals surface area contributed by atoms with Crippen molar-refractivity contribution >= 4 is 16.7 Å². The zero-order valence-electron chi connectivity index (χ0n) is 10.9. The Hall–Kier alpha value is -0.420. The van der Waals surface area contributed by atoms with Gasteiger partial charge in [-0.3, -0.25) is 9.00 Å². The fourth-order valence-corrected chi connectivity index (χ4v) is 2.16. The Morgan fingerprint density at radius 2 is 1.81 bits per heavy atom. The number of rotatable bonds is 7. The fraction of sp³-hybridized carbons (Fsp3) is 0.909. The van der Waals surface area contributed by atoms with Crippen molar-refractivity contribution in [3.05, 3.63) is 0 Å². The van der Waals surface area contributed by atoms with E-state index < -0.39 is 10.8 Å². The topological polar surface area (TPSA) is 58.2 Å². The van der Waals surface area contributed by atoms with Gasteiger partial charge in [0, 0.05) is 35.4 Å². The molecule has 0 aromatic carbocycles. The lowest BCUT2D eigenvalue weighted by Gasteiger charge is -2.19. The minimum Gasteiger partial charge on any atom is -0.354 e. The van der Waals surface area contributed by atoms with Crippen LogP contribution in [0.5, 0.6) is 0 Å². The van der Waals surface area contributed by atoms with Gasteiger partial charge in [-0.25, -0.2) is 0 Å². The van der Waals surface area contributed by atoms with Gasteiger partial charge in [0.25, 0.3) is 0 Å². The molecule has 0 aromatic heterocycles. The third-order valence-corrected chi connectivity index (χ3v) is 3.07. The highest BCUT2D eigenvalue weighted by atomic mass is 32.2. The van der Waals surface area contributed by atoms with Crippen molar-refractivity contribution in [2.45, 2.75) is 39.8 Å². The second-order valence-electron chi connectivity index (χ2n) is 4.67. The van der Waals surface area contributed by atoms with E-state index in [9.17, 15) is 9.00 Å². The molecule has 0 fully saturated rings. The molecule has 0 aromatic rings. The van der Waals surface area contributed by atoms with Crippen LogP contribution in [0.2, 0.25) is 0 Å². The van der Waals surface area contributed by atoms with Gasteiger partial charge in [-0.05, 0) is 19.8 Å². The highest BCUT2D eigenvalue weighted by molar-refractivity contribution is 7.84. The highest BCUT2D eigenvalue weighted by Gasteiger charge is 2.15. The van der Waals surface area contributed by atoms with Gasteiger partial charge in [-0.15, -0.1) is 0 Å². The normalized spacial score (nSPS) is 16.9. The van der Waals surface area contributed by atoms with Crippen LogP contribution in [-0.2, 0) is 15.6 Å². The van der Waals surface area contributed by atoms with Crippen molar-refractivity contribution in [1.82, 2.24) is 10.6 Å². The van der Waals surface area contributed by atoms with Crippen molar-refractivity contribution in [1.29, 1.82) is 0 Å². The number of carbonyl (C=O) groups is 1. The van der Waals surface area contributed by atoms with Gasteiger partial charge in [-0.2, -0.15) is 0 Å². The predicted molar refractivity (Wildman–Crippen MR) is 68.8 cm³/mol. The molecule has 0 aliphatic rings. The summed E-state index contributed by atoms with van der Waals surface area (Å²) >= 11 is 0. The Bertz CT molecular complexity index is 244. The van der Waals surface area contributed by atoms with Gasteiger partial charge in [-0.1, -0.05) is 13.8 Å². The van der Waals surface area contributed by atoms with Gasteiger partial charge in [0.1, 0.15) is 0 Å². The second kappa shape index (κ2) is 7.79. The maximum Gasteiger partial charge on any atom is 0.236 e. The second-order valence-corrected chi connectivity index (χ2v) is 6.15. The number of amides is 1. The van der Waals surface area contributed by atoms with Crippen LogP contribution in [0.15, 0.2) is 0 Å². The lowest BCUT2D eigenvalue weighted by Crippen LogP contribution is -2.47. The number of carbonyl (C=O) groups excluding carboxylic acids is 1. The monoisotopic (exact) mass is 248 g/mol. The third-order valence-electron chi connectivity index (χ3n) is 2.10. The summed E-state index contributed by atoms with van der Waals surface area (Å²) < 4.78 is 11.0. The van der Waals surface area contributed by atoms with Crippen LogP contribution in [0.1, 0.15) is 27.7 Å². The minimum absolute atomic E-state index is 0.00225. The first-order valence-electron chi connectivity index (χ1n) is 5.66. The van der Waals surface area contributed by atoms with E-state index in [-0.39, 0.29) is 18.0 Å². The molecule has 5 heteroatoms. The van der Waals surface area contributed by atoms with E-state index in [1.165, 1.54) is 0 Å². The van der Waals surface area contributed by atoms with Gasteiger partial charge in [0.15, 0.2) is 0 Å². The van der Waals surface area contributed by atoms with Crippen LogP contribution in [-0.4, -0.2) is 40.8 Å². The van der Waals surface area contributed by atoms with Crippen molar-refractivity contribution in [2.75, 3.05) is 18.6 Å². The van der Waals surface area contributed by atoms with E-state index in [1.54, 1.807) is 6.26 Å². The molecule has 0 spiro atoms. The molecule has 2 N–H and O–H groups in total. The van der Waals surface area contributed by atoms with E-state index in [4.69, 9.17) is 0 Å². The van der Waals surface area contributed by atoms with Gasteiger partial charge in [0.05, 0.1) is 6.04 Å². The maximum absolute atomic E-state index is 11.6. The summed E-state index contributed by atoms with van der Waals surface area (Å²) in [6, 6.07) is -0.150. The molecule has 0 saturated carbocycles. The summed E-state index contributed by atoms with van der Waals surface area (Å²) in [7, 11) is -0.831. The molecule has 0 saturated heterocycles. The van der Waals surface area contributed by atoms with Gasteiger partial charge in [0.2, 0.25) is 5.91 Å². The third kappa shape index (κ3) is 7.82.